The monoisotopic (exact) mass is 826 g/mol. The van der Waals surface area contributed by atoms with Crippen molar-refractivity contribution in [2.24, 2.45) is 0 Å². The van der Waals surface area contributed by atoms with Crippen LogP contribution in [0.25, 0.3) is 66.4 Å². The smallest absolute Gasteiger partial charge is 0.136 e. The standard InChI is InChI=1S/C60H46N2O2/c1-60(2)54-25-11-9-22-48(54)52-37-53(51-24-14-18-44-39-61(33-34-63-59(44)51)45-19-7-4-8-20-45)56(38-55(52)60)62(46-30-27-41(28-31-46)40-15-5-3-6-16-40)47-21-13-17-42(35-47)43-29-32-50-49-23-10-12-26-57(49)64-58(50)36-43/h3-32,35-38H,33-34,39H2,1-2H3. The molecule has 64 heavy (non-hydrogen) atoms. The molecule has 0 bridgehead atoms. The number of para-hydroxylation sites is 3. The second-order valence-corrected chi connectivity index (χ2v) is 17.6. The summed E-state index contributed by atoms with van der Waals surface area (Å²) in [4.78, 5) is 4.88. The minimum atomic E-state index is -0.216. The van der Waals surface area contributed by atoms with Crippen molar-refractivity contribution in [3.8, 4) is 50.3 Å². The minimum absolute atomic E-state index is 0.216. The molecule has 0 spiro atoms. The lowest BCUT2D eigenvalue weighted by Gasteiger charge is -2.31. The molecule has 10 aromatic rings. The molecule has 308 valence electrons. The molecule has 0 amide bonds. The Kier molecular flexibility index (Phi) is 9.01. The summed E-state index contributed by atoms with van der Waals surface area (Å²) in [5.74, 6) is 0.944. The summed E-state index contributed by atoms with van der Waals surface area (Å²) in [6.45, 7) is 6.86. The number of benzene rings is 9. The fourth-order valence-corrected chi connectivity index (χ4v) is 10.2. The summed E-state index contributed by atoms with van der Waals surface area (Å²) >= 11 is 0. The Morgan fingerprint density at radius 2 is 1.14 bits per heavy atom. The zero-order valence-electron chi connectivity index (χ0n) is 36.0. The van der Waals surface area contributed by atoms with Crippen LogP contribution in [-0.2, 0) is 12.0 Å². The molecule has 4 nitrogen and oxygen atoms in total. The van der Waals surface area contributed by atoms with Crippen molar-refractivity contribution in [2.75, 3.05) is 23.0 Å². The van der Waals surface area contributed by atoms with E-state index in [0.29, 0.717) is 6.61 Å². The van der Waals surface area contributed by atoms with Crippen LogP contribution in [0.15, 0.2) is 211 Å². The molecule has 0 N–H and O–H groups in total. The molecule has 0 saturated carbocycles. The van der Waals surface area contributed by atoms with Gasteiger partial charge >= 0.3 is 0 Å². The minimum Gasteiger partial charge on any atom is -0.491 e. The molecule has 0 unspecified atom stereocenters. The molecular weight excluding hydrogens is 781 g/mol. The van der Waals surface area contributed by atoms with Crippen LogP contribution in [-0.4, -0.2) is 13.2 Å². The van der Waals surface area contributed by atoms with Gasteiger partial charge in [0.2, 0.25) is 0 Å². The second-order valence-electron chi connectivity index (χ2n) is 17.6. The highest BCUT2D eigenvalue weighted by Crippen LogP contribution is 2.55. The fourth-order valence-electron chi connectivity index (χ4n) is 10.2. The van der Waals surface area contributed by atoms with E-state index in [-0.39, 0.29) is 5.41 Å². The topological polar surface area (TPSA) is 28.9 Å². The third kappa shape index (κ3) is 6.36. The van der Waals surface area contributed by atoms with E-state index in [0.717, 1.165) is 80.1 Å². The first-order chi connectivity index (χ1) is 31.5. The van der Waals surface area contributed by atoms with E-state index in [4.69, 9.17) is 9.15 Å². The van der Waals surface area contributed by atoms with Crippen molar-refractivity contribution in [1.82, 2.24) is 0 Å². The molecule has 0 radical (unpaired) electrons. The molecule has 1 aromatic heterocycles. The summed E-state index contributed by atoms with van der Waals surface area (Å²) in [7, 11) is 0. The highest BCUT2D eigenvalue weighted by molar-refractivity contribution is 6.06. The van der Waals surface area contributed by atoms with Gasteiger partial charge in [0.1, 0.15) is 23.5 Å². The highest BCUT2D eigenvalue weighted by Gasteiger charge is 2.37. The van der Waals surface area contributed by atoms with E-state index >= 15 is 0 Å². The van der Waals surface area contributed by atoms with Gasteiger partial charge in [-0.3, -0.25) is 0 Å². The average molecular weight is 827 g/mol. The third-order valence-electron chi connectivity index (χ3n) is 13.5. The molecule has 0 atom stereocenters. The van der Waals surface area contributed by atoms with Crippen molar-refractivity contribution in [3.05, 3.63) is 223 Å². The van der Waals surface area contributed by atoms with Gasteiger partial charge in [0.05, 0.1) is 12.2 Å². The maximum atomic E-state index is 6.89. The Labute approximate surface area is 374 Å². The molecule has 0 fully saturated rings. The van der Waals surface area contributed by atoms with E-state index < -0.39 is 0 Å². The van der Waals surface area contributed by atoms with Crippen LogP contribution < -0.4 is 14.5 Å². The van der Waals surface area contributed by atoms with Gasteiger partial charge in [0, 0.05) is 56.5 Å². The number of anilines is 4. The normalized spacial score (nSPS) is 13.8. The zero-order chi connectivity index (χ0) is 42.8. The Hall–Kier alpha value is -7.82. The summed E-state index contributed by atoms with van der Waals surface area (Å²) in [5.41, 5.74) is 19.2. The van der Waals surface area contributed by atoms with Crippen LogP contribution in [0.5, 0.6) is 5.75 Å². The molecule has 2 aliphatic rings. The summed E-state index contributed by atoms with van der Waals surface area (Å²) < 4.78 is 13.3. The lowest BCUT2D eigenvalue weighted by atomic mass is 9.81. The van der Waals surface area contributed by atoms with E-state index in [2.05, 4.69) is 218 Å². The van der Waals surface area contributed by atoms with Crippen molar-refractivity contribution in [3.63, 3.8) is 0 Å². The predicted octanol–water partition coefficient (Wildman–Crippen LogP) is 15.8. The van der Waals surface area contributed by atoms with Gasteiger partial charge in [-0.05, 0) is 111 Å². The molecule has 12 rings (SSSR count). The lowest BCUT2D eigenvalue weighted by molar-refractivity contribution is 0.333. The Balaban J connectivity index is 1.08. The first-order valence-electron chi connectivity index (χ1n) is 22.3. The van der Waals surface area contributed by atoms with Crippen molar-refractivity contribution >= 4 is 44.7 Å². The van der Waals surface area contributed by atoms with Gasteiger partial charge < -0.3 is 19.0 Å². The Bertz CT molecular complexity index is 3370. The van der Waals surface area contributed by atoms with E-state index in [1.165, 1.54) is 44.6 Å². The third-order valence-corrected chi connectivity index (χ3v) is 13.5. The van der Waals surface area contributed by atoms with Gasteiger partial charge in [-0.15, -0.1) is 0 Å². The Morgan fingerprint density at radius 1 is 0.469 bits per heavy atom. The zero-order valence-corrected chi connectivity index (χ0v) is 36.0. The quantitative estimate of drug-likeness (QED) is 0.160. The van der Waals surface area contributed by atoms with Gasteiger partial charge in [0.15, 0.2) is 0 Å². The first-order valence-corrected chi connectivity index (χ1v) is 22.3. The van der Waals surface area contributed by atoms with Gasteiger partial charge in [-0.25, -0.2) is 0 Å². The highest BCUT2D eigenvalue weighted by atomic mass is 16.5. The largest absolute Gasteiger partial charge is 0.491 e. The summed E-state index contributed by atoms with van der Waals surface area (Å²) in [6.07, 6.45) is 0. The predicted molar refractivity (Wildman–Crippen MR) is 265 cm³/mol. The number of hydrogen-bond acceptors (Lipinski definition) is 4. The van der Waals surface area contributed by atoms with Crippen LogP contribution in [0.3, 0.4) is 0 Å². The molecule has 1 aliphatic heterocycles. The second kappa shape index (κ2) is 15.2. The maximum Gasteiger partial charge on any atom is 0.136 e. The maximum absolute atomic E-state index is 6.89. The van der Waals surface area contributed by atoms with E-state index in [1.54, 1.807) is 0 Å². The fraction of sp³-hybridized carbons (Fsp3) is 0.100. The van der Waals surface area contributed by atoms with Crippen LogP contribution >= 0.6 is 0 Å². The number of nitrogens with zero attached hydrogens (tertiary/aromatic N) is 2. The van der Waals surface area contributed by atoms with Crippen LogP contribution in [0.1, 0.15) is 30.5 Å². The number of rotatable bonds is 7. The van der Waals surface area contributed by atoms with Gasteiger partial charge in [-0.2, -0.15) is 0 Å². The summed E-state index contributed by atoms with van der Waals surface area (Å²) in [6, 6.07) is 74.7. The number of hydrogen-bond donors (Lipinski definition) is 0. The van der Waals surface area contributed by atoms with Gasteiger partial charge in [0.25, 0.3) is 0 Å². The number of fused-ring (bicyclic) bond motifs is 7. The lowest BCUT2D eigenvalue weighted by Crippen LogP contribution is -2.24. The Morgan fingerprint density at radius 3 is 2.00 bits per heavy atom. The molecule has 1 aliphatic carbocycles. The van der Waals surface area contributed by atoms with Crippen molar-refractivity contribution in [2.45, 2.75) is 25.8 Å². The van der Waals surface area contributed by atoms with Crippen LogP contribution in [0.4, 0.5) is 22.7 Å². The number of furan rings is 1. The molecule has 9 aromatic carbocycles. The van der Waals surface area contributed by atoms with Crippen molar-refractivity contribution < 1.29 is 9.15 Å². The SMILES string of the molecule is CC1(C)c2ccccc2-c2cc(-c3cccc4c3OCCN(c3ccccc3)C4)c(N(c3ccc(-c4ccccc4)cc3)c3cccc(-c4ccc5c(c4)oc4ccccc45)c3)cc21. The first kappa shape index (κ1) is 37.9. The van der Waals surface area contributed by atoms with E-state index in [1.807, 2.05) is 12.1 Å². The molecular formula is C60H46N2O2. The van der Waals surface area contributed by atoms with Gasteiger partial charge in [-0.1, -0.05) is 153 Å². The number of ether oxygens (including phenoxy) is 1. The van der Waals surface area contributed by atoms with Crippen LogP contribution in [0, 0.1) is 0 Å². The van der Waals surface area contributed by atoms with Crippen LogP contribution in [0.2, 0.25) is 0 Å². The molecule has 0 saturated heterocycles. The molecule has 4 heteroatoms. The average Bonchev–Trinajstić information content (AvgIpc) is 3.71. The summed E-state index contributed by atoms with van der Waals surface area (Å²) in [5, 5.41) is 2.26. The van der Waals surface area contributed by atoms with Crippen molar-refractivity contribution in [1.29, 1.82) is 0 Å². The van der Waals surface area contributed by atoms with E-state index in [9.17, 15) is 0 Å². The molecule has 2 heterocycles.